The van der Waals surface area contributed by atoms with Gasteiger partial charge in [-0.15, -0.1) is 0 Å². The molecule has 16 heavy (non-hydrogen) atoms. The first-order chi connectivity index (χ1) is 7.65. The van der Waals surface area contributed by atoms with Gasteiger partial charge in [0.1, 0.15) is 6.07 Å². The fourth-order valence-electron chi connectivity index (χ4n) is 1.51. The average Bonchev–Trinajstić information content (AvgIpc) is 2.58. The lowest BCUT2D eigenvalue weighted by Gasteiger charge is -2.04. The number of rotatable bonds is 1. The molecule has 1 aromatic carbocycles. The fourth-order valence-corrected chi connectivity index (χ4v) is 1.51. The van der Waals surface area contributed by atoms with Gasteiger partial charge in [0.2, 0.25) is 0 Å². The lowest BCUT2D eigenvalue weighted by Crippen LogP contribution is -2.25. The second-order valence-electron chi connectivity index (χ2n) is 3.28. The van der Waals surface area contributed by atoms with Gasteiger partial charge in [-0.1, -0.05) is 12.1 Å². The lowest BCUT2D eigenvalue weighted by molar-refractivity contribution is 0.945. The molecule has 0 spiro atoms. The summed E-state index contributed by atoms with van der Waals surface area (Å²) in [5, 5.41) is 13.3. The summed E-state index contributed by atoms with van der Waals surface area (Å²) in [4.78, 5) is 22.8. The normalized spacial score (nSPS) is 10.0. The zero-order valence-electron chi connectivity index (χ0n) is 8.44. The van der Waals surface area contributed by atoms with Gasteiger partial charge in [0.15, 0.2) is 0 Å². The highest BCUT2D eigenvalue weighted by atomic mass is 16.2. The average molecular weight is 216 g/mol. The largest absolute Gasteiger partial charge is 0.349 e. The van der Waals surface area contributed by atoms with Crippen molar-refractivity contribution in [3.63, 3.8) is 0 Å². The minimum absolute atomic E-state index is 0.287. The molecule has 1 aromatic heterocycles. The van der Waals surface area contributed by atoms with Crippen LogP contribution in [0.3, 0.4) is 0 Å². The highest BCUT2D eigenvalue weighted by Crippen LogP contribution is 2.14. The standard InChI is InChI=1S/C10H8N4O2/c1-6-3-2-4-8(7(6)5-11)14-9(15)12-13-10(14)16/h2-4H,1H3,(H,12,15)(H,13,16). The van der Waals surface area contributed by atoms with Crippen molar-refractivity contribution in [1.82, 2.24) is 14.8 Å². The van der Waals surface area contributed by atoms with E-state index in [2.05, 4.69) is 10.2 Å². The third kappa shape index (κ3) is 1.35. The molecule has 80 valence electrons. The predicted octanol–water partition coefficient (Wildman–Crippen LogP) is 0.0340. The van der Waals surface area contributed by atoms with Crippen LogP contribution in [-0.2, 0) is 0 Å². The molecular formula is C10H8N4O2. The van der Waals surface area contributed by atoms with Crippen molar-refractivity contribution in [2.24, 2.45) is 0 Å². The number of nitriles is 1. The molecule has 0 amide bonds. The van der Waals surface area contributed by atoms with Crippen molar-refractivity contribution in [1.29, 1.82) is 5.26 Å². The van der Waals surface area contributed by atoms with E-state index in [1.807, 2.05) is 6.07 Å². The summed E-state index contributed by atoms with van der Waals surface area (Å²) in [5.74, 6) is 0. The maximum atomic E-state index is 11.4. The Bertz CT molecular complexity index is 656. The van der Waals surface area contributed by atoms with E-state index in [1.165, 1.54) is 0 Å². The number of aromatic amines is 2. The number of hydrogen-bond acceptors (Lipinski definition) is 3. The Labute approximate surface area is 89.8 Å². The third-order valence-corrected chi connectivity index (χ3v) is 2.29. The summed E-state index contributed by atoms with van der Waals surface area (Å²) in [6, 6.07) is 6.96. The van der Waals surface area contributed by atoms with Gasteiger partial charge >= 0.3 is 11.4 Å². The molecule has 0 aliphatic carbocycles. The summed E-state index contributed by atoms with van der Waals surface area (Å²) >= 11 is 0. The Hall–Kier alpha value is -2.55. The fraction of sp³-hybridized carbons (Fsp3) is 0.100. The Kier molecular flexibility index (Phi) is 2.21. The zero-order chi connectivity index (χ0) is 11.7. The number of nitrogens with one attached hydrogen (secondary N) is 2. The lowest BCUT2D eigenvalue weighted by atomic mass is 10.1. The van der Waals surface area contributed by atoms with Gasteiger partial charge in [-0.2, -0.15) is 5.26 Å². The Morgan fingerprint density at radius 1 is 1.25 bits per heavy atom. The van der Waals surface area contributed by atoms with Gasteiger partial charge in [0.25, 0.3) is 0 Å². The van der Waals surface area contributed by atoms with Crippen molar-refractivity contribution in [2.75, 3.05) is 0 Å². The van der Waals surface area contributed by atoms with E-state index in [-0.39, 0.29) is 5.69 Å². The summed E-state index contributed by atoms with van der Waals surface area (Å²) in [5.41, 5.74) is 0.136. The minimum Gasteiger partial charge on any atom is -0.247 e. The van der Waals surface area contributed by atoms with E-state index in [1.54, 1.807) is 25.1 Å². The molecule has 0 fully saturated rings. The molecule has 0 aliphatic heterocycles. The molecule has 2 aromatic rings. The zero-order valence-corrected chi connectivity index (χ0v) is 8.44. The molecule has 0 saturated carbocycles. The maximum Gasteiger partial charge on any atom is 0.349 e. The van der Waals surface area contributed by atoms with Gasteiger partial charge in [-0.3, -0.25) is 0 Å². The molecular weight excluding hydrogens is 208 g/mol. The topological polar surface area (TPSA) is 94.4 Å². The monoisotopic (exact) mass is 216 g/mol. The number of aryl methyl sites for hydroxylation is 1. The second-order valence-corrected chi connectivity index (χ2v) is 3.28. The summed E-state index contributed by atoms with van der Waals surface area (Å²) in [6.45, 7) is 1.74. The first-order valence-electron chi connectivity index (χ1n) is 4.55. The molecule has 0 bridgehead atoms. The van der Waals surface area contributed by atoms with Crippen molar-refractivity contribution < 1.29 is 0 Å². The van der Waals surface area contributed by atoms with Crippen LogP contribution in [0.4, 0.5) is 0 Å². The highest BCUT2D eigenvalue weighted by Gasteiger charge is 2.11. The molecule has 6 heteroatoms. The Morgan fingerprint density at radius 3 is 2.44 bits per heavy atom. The maximum absolute atomic E-state index is 11.4. The van der Waals surface area contributed by atoms with Crippen molar-refractivity contribution in [3.8, 4) is 11.8 Å². The first kappa shape index (κ1) is 9.98. The van der Waals surface area contributed by atoms with Crippen LogP contribution in [0.2, 0.25) is 0 Å². The molecule has 6 nitrogen and oxygen atoms in total. The summed E-state index contributed by atoms with van der Waals surface area (Å²) in [6.07, 6.45) is 0. The molecule has 0 saturated heterocycles. The number of H-pyrrole nitrogens is 2. The number of hydrogen-bond donors (Lipinski definition) is 2. The SMILES string of the molecule is Cc1cccc(-n2c(=O)[nH][nH]c2=O)c1C#N. The van der Waals surface area contributed by atoms with Crippen LogP contribution in [0.25, 0.3) is 5.69 Å². The quantitative estimate of drug-likeness (QED) is 0.704. The number of aromatic nitrogens is 3. The van der Waals surface area contributed by atoms with Crippen LogP contribution in [0.5, 0.6) is 0 Å². The molecule has 1 heterocycles. The molecule has 0 atom stereocenters. The number of benzene rings is 1. The van der Waals surface area contributed by atoms with Crippen LogP contribution in [0, 0.1) is 18.3 Å². The van der Waals surface area contributed by atoms with Crippen LogP contribution < -0.4 is 11.4 Å². The van der Waals surface area contributed by atoms with Gasteiger partial charge in [0.05, 0.1) is 11.3 Å². The van der Waals surface area contributed by atoms with E-state index < -0.39 is 11.4 Å². The van der Waals surface area contributed by atoms with E-state index in [9.17, 15) is 9.59 Å². The third-order valence-electron chi connectivity index (χ3n) is 2.29. The predicted molar refractivity (Wildman–Crippen MR) is 56.5 cm³/mol. The van der Waals surface area contributed by atoms with Crippen LogP contribution in [-0.4, -0.2) is 14.8 Å². The Balaban J connectivity index is 2.86. The Morgan fingerprint density at radius 2 is 1.88 bits per heavy atom. The highest BCUT2D eigenvalue weighted by molar-refractivity contribution is 5.52. The smallest absolute Gasteiger partial charge is 0.247 e. The van der Waals surface area contributed by atoms with E-state index in [0.29, 0.717) is 11.1 Å². The van der Waals surface area contributed by atoms with Crippen molar-refractivity contribution in [3.05, 3.63) is 50.3 Å². The van der Waals surface area contributed by atoms with Gasteiger partial charge in [0, 0.05) is 0 Å². The minimum atomic E-state index is -0.591. The first-order valence-corrected chi connectivity index (χ1v) is 4.55. The summed E-state index contributed by atoms with van der Waals surface area (Å²) < 4.78 is 0.894. The van der Waals surface area contributed by atoms with E-state index in [0.717, 1.165) is 4.57 Å². The van der Waals surface area contributed by atoms with Crippen LogP contribution >= 0.6 is 0 Å². The van der Waals surface area contributed by atoms with Gasteiger partial charge in [-0.25, -0.2) is 24.4 Å². The molecule has 2 rings (SSSR count). The van der Waals surface area contributed by atoms with Crippen LogP contribution in [0.15, 0.2) is 27.8 Å². The summed E-state index contributed by atoms with van der Waals surface area (Å²) in [7, 11) is 0. The number of nitrogens with zero attached hydrogens (tertiary/aromatic N) is 2. The van der Waals surface area contributed by atoms with E-state index in [4.69, 9.17) is 5.26 Å². The van der Waals surface area contributed by atoms with Gasteiger partial charge in [-0.05, 0) is 18.6 Å². The van der Waals surface area contributed by atoms with Crippen LogP contribution in [0.1, 0.15) is 11.1 Å². The van der Waals surface area contributed by atoms with Crippen molar-refractivity contribution in [2.45, 2.75) is 6.92 Å². The van der Waals surface area contributed by atoms with Gasteiger partial charge < -0.3 is 0 Å². The second kappa shape index (κ2) is 3.55. The molecule has 0 unspecified atom stereocenters. The molecule has 2 N–H and O–H groups in total. The molecule has 0 aliphatic rings. The molecule has 0 radical (unpaired) electrons. The van der Waals surface area contributed by atoms with E-state index >= 15 is 0 Å². The van der Waals surface area contributed by atoms with Crippen molar-refractivity contribution >= 4 is 0 Å².